The summed E-state index contributed by atoms with van der Waals surface area (Å²) in [6.45, 7) is -1.86. The van der Waals surface area contributed by atoms with Gasteiger partial charge in [-0.2, -0.15) is 8.78 Å². The number of nitrogens with one attached hydrogen (secondary N) is 2. The Hall–Kier alpha value is -3.42. The Morgan fingerprint density at radius 1 is 1.17 bits per heavy atom. The first kappa shape index (κ1) is 18.9. The molecule has 3 aromatic rings. The highest BCUT2D eigenvalue weighted by Crippen LogP contribution is 2.31. The van der Waals surface area contributed by atoms with E-state index >= 15 is 0 Å². The van der Waals surface area contributed by atoms with Crippen LogP contribution < -0.4 is 20.5 Å². The molecule has 0 aliphatic carbocycles. The molecule has 1 atom stereocenters. The number of alkyl halides is 2. The van der Waals surface area contributed by atoms with Crippen LogP contribution in [-0.4, -0.2) is 36.6 Å². The first-order chi connectivity index (χ1) is 14.0. The summed E-state index contributed by atoms with van der Waals surface area (Å²) >= 11 is 0. The number of nitrogens with zero attached hydrogens (tertiary/aromatic N) is 1. The number of carbonyl (C=O) groups is 1. The lowest BCUT2D eigenvalue weighted by atomic mass is 10.1. The zero-order valence-electron chi connectivity index (χ0n) is 15.4. The quantitative estimate of drug-likeness (QED) is 0.691. The van der Waals surface area contributed by atoms with Gasteiger partial charge in [-0.1, -0.05) is 30.3 Å². The van der Waals surface area contributed by atoms with Gasteiger partial charge in [0.15, 0.2) is 0 Å². The van der Waals surface area contributed by atoms with Crippen LogP contribution in [0.4, 0.5) is 14.5 Å². The Balaban J connectivity index is 1.50. The van der Waals surface area contributed by atoms with Crippen molar-refractivity contribution >= 4 is 22.5 Å². The minimum atomic E-state index is -2.90. The number of pyridine rings is 1. The van der Waals surface area contributed by atoms with Crippen LogP contribution in [0.25, 0.3) is 10.9 Å². The van der Waals surface area contributed by atoms with E-state index in [0.29, 0.717) is 41.7 Å². The Morgan fingerprint density at radius 3 is 2.76 bits per heavy atom. The lowest BCUT2D eigenvalue weighted by Gasteiger charge is -2.22. The van der Waals surface area contributed by atoms with Crippen molar-refractivity contribution in [3.8, 4) is 5.75 Å². The zero-order valence-corrected chi connectivity index (χ0v) is 15.4. The molecular formula is C21H19F2N3O3. The average molecular weight is 399 g/mol. The van der Waals surface area contributed by atoms with Gasteiger partial charge in [-0.15, -0.1) is 0 Å². The number of benzene rings is 2. The molecule has 2 heterocycles. The van der Waals surface area contributed by atoms with E-state index in [0.717, 1.165) is 0 Å². The number of ether oxygens (including phenoxy) is 1. The first-order valence-corrected chi connectivity index (χ1v) is 9.23. The predicted octanol–water partition coefficient (Wildman–Crippen LogP) is 3.14. The van der Waals surface area contributed by atoms with E-state index in [9.17, 15) is 18.4 Å². The molecule has 150 valence electrons. The van der Waals surface area contributed by atoms with Crippen molar-refractivity contribution < 1.29 is 18.3 Å². The molecule has 2 N–H and O–H groups in total. The van der Waals surface area contributed by atoms with E-state index in [1.807, 2.05) is 4.90 Å². The number of amides is 1. The molecule has 8 heteroatoms. The van der Waals surface area contributed by atoms with Crippen LogP contribution in [0.5, 0.6) is 5.75 Å². The van der Waals surface area contributed by atoms with Crippen LogP contribution in [0.2, 0.25) is 0 Å². The molecule has 1 fully saturated rings. The molecule has 6 nitrogen and oxygen atoms in total. The predicted molar refractivity (Wildman–Crippen MR) is 106 cm³/mol. The highest BCUT2D eigenvalue weighted by Gasteiger charge is 2.27. The average Bonchev–Trinajstić information content (AvgIpc) is 3.15. The Bertz CT molecular complexity index is 1100. The zero-order chi connectivity index (χ0) is 20.4. The molecule has 1 aliphatic rings. The Morgan fingerprint density at radius 2 is 1.93 bits per heavy atom. The number of aromatic nitrogens is 1. The number of fused-ring (bicyclic) bond motifs is 1. The number of halogens is 2. The fourth-order valence-electron chi connectivity index (χ4n) is 3.67. The summed E-state index contributed by atoms with van der Waals surface area (Å²) in [5.74, 6) is -0.230. The van der Waals surface area contributed by atoms with Crippen LogP contribution in [-0.2, 0) is 0 Å². The second-order valence-corrected chi connectivity index (χ2v) is 6.84. The van der Waals surface area contributed by atoms with Crippen molar-refractivity contribution in [1.29, 1.82) is 0 Å². The lowest BCUT2D eigenvalue weighted by molar-refractivity contribution is -0.0495. The second-order valence-electron chi connectivity index (χ2n) is 6.84. The van der Waals surface area contributed by atoms with Crippen molar-refractivity contribution in [2.75, 3.05) is 18.0 Å². The number of aromatic amines is 1. The number of anilines is 1. The maximum Gasteiger partial charge on any atom is 0.387 e. The van der Waals surface area contributed by atoms with Crippen LogP contribution in [0.3, 0.4) is 0 Å². The van der Waals surface area contributed by atoms with E-state index in [4.69, 9.17) is 0 Å². The van der Waals surface area contributed by atoms with Crippen LogP contribution in [0.15, 0.2) is 59.4 Å². The van der Waals surface area contributed by atoms with Crippen LogP contribution in [0.1, 0.15) is 16.8 Å². The van der Waals surface area contributed by atoms with Gasteiger partial charge in [-0.3, -0.25) is 9.59 Å². The molecule has 0 unspecified atom stereocenters. The topological polar surface area (TPSA) is 74.4 Å². The standard InChI is InChI=1S/C21H19F2N3O3/c22-21(23)29-18-8-4-3-7-17(18)26-10-9-13(12-26)24-20(28)15-11-19(27)25-16-6-2-1-5-14(15)16/h1-8,11,13,21H,9-10,12H2,(H,24,28)(H,25,27)/t13-/m1/s1. The van der Waals surface area contributed by atoms with Crippen LogP contribution >= 0.6 is 0 Å². The third-order valence-electron chi connectivity index (χ3n) is 4.94. The van der Waals surface area contributed by atoms with Gasteiger partial charge in [-0.05, 0) is 24.6 Å². The molecule has 4 rings (SSSR count). The maximum absolute atomic E-state index is 12.8. The third-order valence-corrected chi connectivity index (χ3v) is 4.94. The Labute approximate surface area is 165 Å². The van der Waals surface area contributed by atoms with Crippen molar-refractivity contribution in [3.05, 3.63) is 70.5 Å². The number of hydrogen-bond donors (Lipinski definition) is 2. The number of carbonyl (C=O) groups excluding carboxylic acids is 1. The molecule has 0 saturated carbocycles. The Kier molecular flexibility index (Phi) is 5.16. The largest absolute Gasteiger partial charge is 0.433 e. The monoisotopic (exact) mass is 399 g/mol. The van der Waals surface area contributed by atoms with Crippen LogP contribution in [0, 0.1) is 0 Å². The summed E-state index contributed by atoms with van der Waals surface area (Å²) < 4.78 is 29.9. The molecule has 1 saturated heterocycles. The smallest absolute Gasteiger partial charge is 0.387 e. The fraction of sp³-hybridized carbons (Fsp3) is 0.238. The molecule has 1 aliphatic heterocycles. The van der Waals surface area contributed by atoms with E-state index < -0.39 is 6.61 Å². The molecular weight excluding hydrogens is 380 g/mol. The molecule has 2 aromatic carbocycles. The first-order valence-electron chi connectivity index (χ1n) is 9.23. The summed E-state index contributed by atoms with van der Waals surface area (Å²) in [6, 6.07) is 14.8. The van der Waals surface area contributed by atoms with Gasteiger partial charge in [0.05, 0.1) is 11.3 Å². The van der Waals surface area contributed by atoms with Crippen molar-refractivity contribution in [3.63, 3.8) is 0 Å². The number of rotatable bonds is 5. The number of H-pyrrole nitrogens is 1. The minimum Gasteiger partial charge on any atom is -0.433 e. The maximum atomic E-state index is 12.8. The van der Waals surface area contributed by atoms with Gasteiger partial charge >= 0.3 is 6.61 Å². The third kappa shape index (κ3) is 4.06. The highest BCUT2D eigenvalue weighted by atomic mass is 19.3. The lowest BCUT2D eigenvalue weighted by Crippen LogP contribution is -2.37. The second kappa shape index (κ2) is 7.90. The molecule has 0 radical (unpaired) electrons. The van der Waals surface area contributed by atoms with Gasteiger partial charge in [0.25, 0.3) is 5.91 Å². The van der Waals surface area contributed by atoms with Gasteiger partial charge in [0.1, 0.15) is 5.75 Å². The van der Waals surface area contributed by atoms with E-state index in [1.165, 1.54) is 12.1 Å². The normalized spacial score (nSPS) is 16.4. The molecule has 29 heavy (non-hydrogen) atoms. The minimum absolute atomic E-state index is 0.107. The summed E-state index contributed by atoms with van der Waals surface area (Å²) in [7, 11) is 0. The molecule has 1 amide bonds. The molecule has 1 aromatic heterocycles. The summed E-state index contributed by atoms with van der Waals surface area (Å²) in [5, 5.41) is 3.61. The van der Waals surface area contributed by atoms with E-state index in [2.05, 4.69) is 15.0 Å². The molecule has 0 bridgehead atoms. The SMILES string of the molecule is O=C(N[C@@H]1CCN(c2ccccc2OC(F)F)C1)c1cc(=O)[nH]c2ccccc12. The van der Waals surface area contributed by atoms with Gasteiger partial charge in [-0.25, -0.2) is 0 Å². The fourth-order valence-corrected chi connectivity index (χ4v) is 3.67. The van der Waals surface area contributed by atoms with E-state index in [-0.39, 0.29) is 23.3 Å². The van der Waals surface area contributed by atoms with Crippen molar-refractivity contribution in [2.45, 2.75) is 19.1 Å². The number of para-hydroxylation sites is 3. The summed E-state index contributed by atoms with van der Waals surface area (Å²) in [4.78, 5) is 29.3. The van der Waals surface area contributed by atoms with Crippen molar-refractivity contribution in [2.24, 2.45) is 0 Å². The van der Waals surface area contributed by atoms with Gasteiger partial charge < -0.3 is 19.9 Å². The van der Waals surface area contributed by atoms with Gasteiger partial charge in [0, 0.05) is 36.1 Å². The summed E-state index contributed by atoms with van der Waals surface area (Å²) in [5.41, 5.74) is 1.12. The number of hydrogen-bond acceptors (Lipinski definition) is 4. The van der Waals surface area contributed by atoms with E-state index in [1.54, 1.807) is 42.5 Å². The highest BCUT2D eigenvalue weighted by molar-refractivity contribution is 6.06. The van der Waals surface area contributed by atoms with Crippen molar-refractivity contribution in [1.82, 2.24) is 10.3 Å². The molecule has 0 spiro atoms. The van der Waals surface area contributed by atoms with Gasteiger partial charge in [0.2, 0.25) is 5.56 Å². The summed E-state index contributed by atoms with van der Waals surface area (Å²) in [6.07, 6.45) is 0.649.